The molecule has 1 aromatic carbocycles. The van der Waals surface area contributed by atoms with Crippen LogP contribution in [0.1, 0.15) is 37.4 Å². The third-order valence-corrected chi connectivity index (χ3v) is 4.98. The molecule has 1 aliphatic rings. The lowest BCUT2D eigenvalue weighted by Crippen LogP contribution is -2.31. The van der Waals surface area contributed by atoms with Gasteiger partial charge in [-0.25, -0.2) is 4.39 Å². The molecule has 0 heterocycles. The monoisotopic (exact) mass is 283 g/mol. The van der Waals surface area contributed by atoms with E-state index in [1.165, 1.54) is 30.6 Å². The van der Waals surface area contributed by atoms with Gasteiger partial charge in [-0.3, -0.25) is 0 Å². The Bertz CT molecular complexity index is 378. The van der Waals surface area contributed by atoms with Gasteiger partial charge in [0.2, 0.25) is 0 Å². The first-order valence-electron chi connectivity index (χ1n) is 6.85. The van der Waals surface area contributed by atoms with Gasteiger partial charge in [-0.2, -0.15) is 0 Å². The fourth-order valence-corrected chi connectivity index (χ4v) is 3.82. The van der Waals surface area contributed by atoms with E-state index in [4.69, 9.17) is 10.5 Å². The fraction of sp³-hybridized carbons (Fsp3) is 0.600. The van der Waals surface area contributed by atoms with Crippen LogP contribution in [0.4, 0.5) is 4.39 Å². The maximum atomic E-state index is 12.7. The van der Waals surface area contributed by atoms with Crippen LogP contribution in [0.15, 0.2) is 29.2 Å². The lowest BCUT2D eigenvalue weighted by molar-refractivity contribution is 0.0720. The highest BCUT2D eigenvalue weighted by Gasteiger charge is 2.20. The molecule has 2 rings (SSSR count). The van der Waals surface area contributed by atoms with Crippen molar-refractivity contribution in [2.45, 2.75) is 48.0 Å². The maximum Gasteiger partial charge on any atom is 0.107 e. The Hall–Kier alpha value is -0.580. The number of alkyl halides is 1. The lowest BCUT2D eigenvalue weighted by atomic mass is 10.0. The van der Waals surface area contributed by atoms with Gasteiger partial charge in [-0.05, 0) is 30.5 Å². The quantitative estimate of drug-likeness (QED) is 0.864. The zero-order chi connectivity index (χ0) is 13.7. The molecule has 19 heavy (non-hydrogen) atoms. The summed E-state index contributed by atoms with van der Waals surface area (Å²) in [6.45, 7) is -0.572. The summed E-state index contributed by atoms with van der Waals surface area (Å²) in [7, 11) is 1.57. The number of rotatable bonds is 6. The third-order valence-electron chi connectivity index (χ3n) is 3.63. The number of methoxy groups -OCH3 is 1. The van der Waals surface area contributed by atoms with Gasteiger partial charge in [0.1, 0.15) is 6.67 Å². The number of thioether (sulfide) groups is 1. The van der Waals surface area contributed by atoms with Gasteiger partial charge < -0.3 is 10.5 Å². The number of hydrogen-bond donors (Lipinski definition) is 1. The van der Waals surface area contributed by atoms with Crippen LogP contribution in [0.2, 0.25) is 0 Å². The summed E-state index contributed by atoms with van der Waals surface area (Å²) >= 11 is 1.95. The SMILES string of the molecule is COC(c1ccc(SC2CCCC2)cc1)C(N)CF. The standard InChI is InChI=1S/C15H22FNOS/c1-18-15(14(17)10-16)11-6-8-13(9-7-11)19-12-4-2-3-5-12/h6-9,12,14-15H,2-5,10,17H2,1H3. The minimum Gasteiger partial charge on any atom is -0.375 e. The number of halogens is 1. The molecular weight excluding hydrogens is 261 g/mol. The number of benzene rings is 1. The van der Waals surface area contributed by atoms with Crippen LogP contribution in [0.3, 0.4) is 0 Å². The molecule has 2 nitrogen and oxygen atoms in total. The van der Waals surface area contributed by atoms with E-state index in [1.54, 1.807) is 7.11 Å². The van der Waals surface area contributed by atoms with E-state index in [1.807, 2.05) is 23.9 Å². The van der Waals surface area contributed by atoms with E-state index in [0.29, 0.717) is 0 Å². The molecule has 0 spiro atoms. The Morgan fingerprint density at radius 1 is 1.32 bits per heavy atom. The zero-order valence-corrected chi connectivity index (χ0v) is 12.2. The van der Waals surface area contributed by atoms with Crippen LogP contribution in [-0.4, -0.2) is 25.1 Å². The van der Waals surface area contributed by atoms with Crippen LogP contribution in [0.25, 0.3) is 0 Å². The molecule has 2 N–H and O–H groups in total. The molecule has 4 heteroatoms. The van der Waals surface area contributed by atoms with Crippen molar-refractivity contribution in [3.63, 3.8) is 0 Å². The Morgan fingerprint density at radius 2 is 1.95 bits per heavy atom. The third kappa shape index (κ3) is 3.94. The van der Waals surface area contributed by atoms with Gasteiger partial charge in [0.15, 0.2) is 0 Å². The molecule has 0 aliphatic heterocycles. The highest BCUT2D eigenvalue weighted by Crippen LogP contribution is 2.35. The molecule has 2 atom stereocenters. The topological polar surface area (TPSA) is 35.2 Å². The van der Waals surface area contributed by atoms with E-state index >= 15 is 0 Å². The van der Waals surface area contributed by atoms with E-state index in [-0.39, 0.29) is 6.10 Å². The largest absolute Gasteiger partial charge is 0.375 e. The molecule has 0 amide bonds. The van der Waals surface area contributed by atoms with Crippen molar-refractivity contribution < 1.29 is 9.13 Å². The van der Waals surface area contributed by atoms with Crippen molar-refractivity contribution in [1.82, 2.24) is 0 Å². The Kier molecular flexibility index (Phi) is 5.67. The molecule has 1 aliphatic carbocycles. The first-order valence-corrected chi connectivity index (χ1v) is 7.73. The van der Waals surface area contributed by atoms with E-state index in [9.17, 15) is 4.39 Å². The van der Waals surface area contributed by atoms with Gasteiger partial charge in [-0.15, -0.1) is 11.8 Å². The Labute approximate surface area is 118 Å². The van der Waals surface area contributed by atoms with Crippen LogP contribution in [-0.2, 0) is 4.74 Å². The molecular formula is C15H22FNOS. The highest BCUT2D eigenvalue weighted by molar-refractivity contribution is 8.00. The number of hydrogen-bond acceptors (Lipinski definition) is 3. The second kappa shape index (κ2) is 7.27. The first kappa shape index (κ1) is 14.8. The summed E-state index contributed by atoms with van der Waals surface area (Å²) in [5.41, 5.74) is 6.67. The summed E-state index contributed by atoms with van der Waals surface area (Å²) in [6.07, 6.45) is 4.98. The number of ether oxygens (including phenoxy) is 1. The minimum atomic E-state index is -0.599. The summed E-state index contributed by atoms with van der Waals surface area (Å²) in [5.74, 6) is 0. The number of nitrogens with two attached hydrogens (primary N) is 1. The molecule has 1 aromatic rings. The zero-order valence-electron chi connectivity index (χ0n) is 11.3. The van der Waals surface area contributed by atoms with E-state index in [0.717, 1.165) is 10.8 Å². The van der Waals surface area contributed by atoms with Gasteiger partial charge in [0.05, 0.1) is 12.1 Å². The predicted octanol–water partition coefficient (Wildman–Crippen LogP) is 3.71. The van der Waals surface area contributed by atoms with Crippen molar-refractivity contribution in [1.29, 1.82) is 0 Å². The fourth-order valence-electron chi connectivity index (χ4n) is 2.57. The van der Waals surface area contributed by atoms with Crippen molar-refractivity contribution in [3.05, 3.63) is 29.8 Å². The minimum absolute atomic E-state index is 0.365. The molecule has 0 aromatic heterocycles. The van der Waals surface area contributed by atoms with Gasteiger partial charge in [0, 0.05) is 17.3 Å². The maximum absolute atomic E-state index is 12.7. The molecule has 0 radical (unpaired) electrons. The van der Waals surface area contributed by atoms with Gasteiger partial charge in [0.25, 0.3) is 0 Å². The first-order chi connectivity index (χ1) is 9.24. The summed E-state index contributed by atoms with van der Waals surface area (Å²) < 4.78 is 17.9. The van der Waals surface area contributed by atoms with Crippen LogP contribution in [0.5, 0.6) is 0 Å². The van der Waals surface area contributed by atoms with Crippen LogP contribution in [0, 0.1) is 0 Å². The Morgan fingerprint density at radius 3 is 2.47 bits per heavy atom. The average Bonchev–Trinajstić information content (AvgIpc) is 2.94. The van der Waals surface area contributed by atoms with Crippen molar-refractivity contribution in [3.8, 4) is 0 Å². The summed E-state index contributed by atoms with van der Waals surface area (Å²) in [5, 5.41) is 0.761. The van der Waals surface area contributed by atoms with Crippen molar-refractivity contribution >= 4 is 11.8 Å². The molecule has 2 unspecified atom stereocenters. The van der Waals surface area contributed by atoms with Crippen LogP contribution < -0.4 is 5.73 Å². The normalized spacial score (nSPS) is 19.5. The second-order valence-corrected chi connectivity index (χ2v) is 6.44. The van der Waals surface area contributed by atoms with Gasteiger partial charge in [-0.1, -0.05) is 25.0 Å². The molecule has 106 valence electrons. The van der Waals surface area contributed by atoms with Crippen molar-refractivity contribution in [2.24, 2.45) is 5.73 Å². The molecule has 0 bridgehead atoms. The predicted molar refractivity (Wildman–Crippen MR) is 78.3 cm³/mol. The molecule has 1 fully saturated rings. The Balaban J connectivity index is 2.00. The molecule has 1 saturated carbocycles. The summed E-state index contributed by atoms with van der Waals surface area (Å²) in [6, 6.07) is 7.59. The van der Waals surface area contributed by atoms with Gasteiger partial charge >= 0.3 is 0 Å². The summed E-state index contributed by atoms with van der Waals surface area (Å²) in [4.78, 5) is 1.28. The second-order valence-electron chi connectivity index (χ2n) is 5.07. The average molecular weight is 283 g/mol. The smallest absolute Gasteiger partial charge is 0.107 e. The van der Waals surface area contributed by atoms with Crippen molar-refractivity contribution in [2.75, 3.05) is 13.8 Å². The van der Waals surface area contributed by atoms with E-state index < -0.39 is 12.7 Å². The van der Waals surface area contributed by atoms with E-state index in [2.05, 4.69) is 12.1 Å². The highest BCUT2D eigenvalue weighted by atomic mass is 32.2. The van der Waals surface area contributed by atoms with Crippen LogP contribution >= 0.6 is 11.8 Å². The lowest BCUT2D eigenvalue weighted by Gasteiger charge is -2.21. The molecule has 0 saturated heterocycles.